The van der Waals surface area contributed by atoms with Gasteiger partial charge in [0.15, 0.2) is 5.96 Å². The molecule has 7 heteroatoms. The number of pyridine rings is 2. The summed E-state index contributed by atoms with van der Waals surface area (Å²) in [6.45, 7) is 3.93. The number of guanidine groups is 1. The summed E-state index contributed by atoms with van der Waals surface area (Å²) in [6, 6.07) is 9.70. The number of hydrogen-bond acceptors (Lipinski definition) is 4. The monoisotopic (exact) mass is 455 g/mol. The molecule has 0 unspecified atom stereocenters. The van der Waals surface area contributed by atoms with Gasteiger partial charge in [-0.15, -0.1) is 24.0 Å². The summed E-state index contributed by atoms with van der Waals surface area (Å²) in [5.74, 6) is 1.05. The average Bonchev–Trinajstić information content (AvgIpc) is 2.62. The second-order valence-corrected chi connectivity index (χ2v) is 5.37. The fraction of sp³-hybridized carbons (Fsp3) is 0.389. The van der Waals surface area contributed by atoms with Crippen LogP contribution in [0.3, 0.4) is 0 Å². The largest absolute Gasteiger partial charge is 0.477 e. The molecule has 2 aromatic rings. The molecule has 0 aliphatic rings. The van der Waals surface area contributed by atoms with Crippen LogP contribution in [0.2, 0.25) is 0 Å². The summed E-state index contributed by atoms with van der Waals surface area (Å²) >= 11 is 0. The van der Waals surface area contributed by atoms with E-state index in [1.165, 1.54) is 0 Å². The lowest BCUT2D eigenvalue weighted by Gasteiger charge is -2.09. The molecule has 0 atom stereocenters. The summed E-state index contributed by atoms with van der Waals surface area (Å²) in [6.07, 6.45) is 6.41. The first-order chi connectivity index (χ1) is 11.8. The highest BCUT2D eigenvalue weighted by Gasteiger charge is 2.04. The van der Waals surface area contributed by atoms with E-state index in [0.29, 0.717) is 31.5 Å². The van der Waals surface area contributed by atoms with Gasteiger partial charge in [0, 0.05) is 36.6 Å². The normalized spacial score (nSPS) is 10.8. The molecule has 0 bridgehead atoms. The van der Waals surface area contributed by atoms with Crippen LogP contribution in [0.15, 0.2) is 47.7 Å². The molecule has 2 aromatic heterocycles. The van der Waals surface area contributed by atoms with Crippen LogP contribution in [0, 0.1) is 0 Å². The van der Waals surface area contributed by atoms with Crippen molar-refractivity contribution in [3.05, 3.63) is 54.0 Å². The van der Waals surface area contributed by atoms with Crippen molar-refractivity contribution in [1.29, 1.82) is 0 Å². The van der Waals surface area contributed by atoms with Crippen LogP contribution in [0.1, 0.15) is 31.0 Å². The minimum atomic E-state index is 0. The third-order valence-electron chi connectivity index (χ3n) is 3.42. The van der Waals surface area contributed by atoms with Crippen molar-refractivity contribution < 1.29 is 4.74 Å². The number of nitrogens with one attached hydrogen (secondary N) is 1. The van der Waals surface area contributed by atoms with Crippen molar-refractivity contribution in [3.8, 4) is 5.88 Å². The van der Waals surface area contributed by atoms with Crippen molar-refractivity contribution in [2.24, 2.45) is 10.7 Å². The van der Waals surface area contributed by atoms with Gasteiger partial charge in [-0.3, -0.25) is 4.98 Å². The standard InChI is InChI=1S/C18H25N5O.HI/c1-2-3-13-24-17-15(7-6-11-21-17)14-23-18(19)22-12-9-16-8-4-5-10-20-16;/h4-8,10-11H,2-3,9,12-14H2,1H3,(H3,19,22,23);1H. The molecule has 0 aliphatic carbocycles. The minimum absolute atomic E-state index is 0. The molecule has 0 fully saturated rings. The number of aromatic nitrogens is 2. The van der Waals surface area contributed by atoms with Crippen molar-refractivity contribution >= 4 is 29.9 Å². The molecule has 0 saturated carbocycles. The second kappa shape index (κ2) is 12.5. The Morgan fingerprint density at radius 1 is 1.20 bits per heavy atom. The fourth-order valence-electron chi connectivity index (χ4n) is 2.08. The van der Waals surface area contributed by atoms with Crippen LogP contribution in [0.4, 0.5) is 0 Å². The van der Waals surface area contributed by atoms with E-state index in [1.807, 2.05) is 30.3 Å². The van der Waals surface area contributed by atoms with Crippen molar-refractivity contribution in [2.75, 3.05) is 13.2 Å². The number of aliphatic imine (C=N–C) groups is 1. The third-order valence-corrected chi connectivity index (χ3v) is 3.42. The molecule has 0 aliphatic heterocycles. The van der Waals surface area contributed by atoms with Crippen LogP contribution < -0.4 is 15.8 Å². The first-order valence-electron chi connectivity index (χ1n) is 8.30. The molecule has 2 heterocycles. The fourth-order valence-corrected chi connectivity index (χ4v) is 2.08. The van der Waals surface area contributed by atoms with E-state index < -0.39 is 0 Å². The van der Waals surface area contributed by atoms with Crippen LogP contribution in [-0.2, 0) is 13.0 Å². The van der Waals surface area contributed by atoms with Crippen LogP contribution >= 0.6 is 24.0 Å². The molecule has 3 N–H and O–H groups in total. The van der Waals surface area contributed by atoms with E-state index in [2.05, 4.69) is 27.2 Å². The topological polar surface area (TPSA) is 85.4 Å². The van der Waals surface area contributed by atoms with Gasteiger partial charge < -0.3 is 15.8 Å². The highest BCUT2D eigenvalue weighted by molar-refractivity contribution is 14.0. The van der Waals surface area contributed by atoms with E-state index in [9.17, 15) is 0 Å². The van der Waals surface area contributed by atoms with Crippen LogP contribution in [0.25, 0.3) is 0 Å². The van der Waals surface area contributed by atoms with Gasteiger partial charge in [-0.25, -0.2) is 9.98 Å². The number of rotatable bonds is 9. The average molecular weight is 455 g/mol. The van der Waals surface area contributed by atoms with Crippen LogP contribution in [-0.4, -0.2) is 29.1 Å². The van der Waals surface area contributed by atoms with Gasteiger partial charge in [0.05, 0.1) is 13.2 Å². The minimum Gasteiger partial charge on any atom is -0.477 e. The lowest BCUT2D eigenvalue weighted by molar-refractivity contribution is 0.294. The second-order valence-electron chi connectivity index (χ2n) is 5.37. The van der Waals surface area contributed by atoms with Gasteiger partial charge in [-0.1, -0.05) is 25.5 Å². The van der Waals surface area contributed by atoms with Gasteiger partial charge in [0.25, 0.3) is 0 Å². The van der Waals surface area contributed by atoms with E-state index >= 15 is 0 Å². The summed E-state index contributed by atoms with van der Waals surface area (Å²) in [5, 5.41) is 3.10. The molecule has 0 saturated heterocycles. The van der Waals surface area contributed by atoms with Gasteiger partial charge in [0.1, 0.15) is 0 Å². The highest BCUT2D eigenvalue weighted by Crippen LogP contribution is 2.15. The summed E-state index contributed by atoms with van der Waals surface area (Å²) in [7, 11) is 0. The highest BCUT2D eigenvalue weighted by atomic mass is 127. The molecular formula is C18H26IN5O. The summed E-state index contributed by atoms with van der Waals surface area (Å²) in [5.41, 5.74) is 7.87. The molecule has 0 aromatic carbocycles. The molecule has 6 nitrogen and oxygen atoms in total. The zero-order chi connectivity index (χ0) is 17.0. The molecule has 0 radical (unpaired) electrons. The van der Waals surface area contributed by atoms with Crippen molar-refractivity contribution in [3.63, 3.8) is 0 Å². The van der Waals surface area contributed by atoms with E-state index in [4.69, 9.17) is 10.5 Å². The van der Waals surface area contributed by atoms with Gasteiger partial charge >= 0.3 is 0 Å². The first-order valence-corrected chi connectivity index (χ1v) is 8.30. The predicted octanol–water partition coefficient (Wildman–Crippen LogP) is 2.92. The van der Waals surface area contributed by atoms with E-state index in [1.54, 1.807) is 12.4 Å². The smallest absolute Gasteiger partial charge is 0.218 e. The molecule has 25 heavy (non-hydrogen) atoms. The maximum Gasteiger partial charge on any atom is 0.218 e. The summed E-state index contributed by atoms with van der Waals surface area (Å²) < 4.78 is 5.70. The maximum absolute atomic E-state index is 5.91. The first kappa shape index (κ1) is 21.1. The Morgan fingerprint density at radius 2 is 2.04 bits per heavy atom. The lowest BCUT2D eigenvalue weighted by Crippen LogP contribution is -2.33. The predicted molar refractivity (Wildman–Crippen MR) is 111 cm³/mol. The number of nitrogens with zero attached hydrogens (tertiary/aromatic N) is 3. The summed E-state index contributed by atoms with van der Waals surface area (Å²) in [4.78, 5) is 12.9. The van der Waals surface area contributed by atoms with E-state index in [0.717, 1.165) is 30.5 Å². The SMILES string of the molecule is CCCCOc1ncccc1CN=C(N)NCCc1ccccn1.I. The Kier molecular flexibility index (Phi) is 10.5. The van der Waals surface area contributed by atoms with Crippen molar-refractivity contribution in [2.45, 2.75) is 32.7 Å². The number of nitrogens with two attached hydrogens (primary N) is 1. The van der Waals surface area contributed by atoms with E-state index in [-0.39, 0.29) is 24.0 Å². The van der Waals surface area contributed by atoms with Gasteiger partial charge in [-0.05, 0) is 24.6 Å². The number of halogens is 1. The van der Waals surface area contributed by atoms with Gasteiger partial charge in [0.2, 0.25) is 5.88 Å². The quantitative estimate of drug-likeness (QED) is 0.263. The Bertz CT molecular complexity index is 636. The Labute approximate surface area is 166 Å². The molecule has 0 amide bonds. The zero-order valence-electron chi connectivity index (χ0n) is 14.5. The van der Waals surface area contributed by atoms with Crippen molar-refractivity contribution in [1.82, 2.24) is 15.3 Å². The number of hydrogen-bond donors (Lipinski definition) is 2. The molecule has 2 rings (SSSR count). The molecule has 136 valence electrons. The molecular weight excluding hydrogens is 429 g/mol. The molecule has 0 spiro atoms. The number of unbranched alkanes of at least 4 members (excludes halogenated alkanes) is 1. The Morgan fingerprint density at radius 3 is 2.80 bits per heavy atom. The van der Waals surface area contributed by atoms with Crippen LogP contribution in [0.5, 0.6) is 5.88 Å². The lowest BCUT2D eigenvalue weighted by atomic mass is 10.2. The Balaban J connectivity index is 0.00000312. The zero-order valence-corrected chi connectivity index (χ0v) is 16.8. The number of ether oxygens (including phenoxy) is 1. The Hall–Kier alpha value is -1.90. The third kappa shape index (κ3) is 8.15. The van der Waals surface area contributed by atoms with Gasteiger partial charge in [-0.2, -0.15) is 0 Å². The maximum atomic E-state index is 5.91.